The predicted octanol–water partition coefficient (Wildman–Crippen LogP) is 2.65. The maximum absolute atomic E-state index is 12.5. The molecule has 148 valence electrons. The third kappa shape index (κ3) is 3.61. The molecule has 3 heterocycles. The van der Waals surface area contributed by atoms with Crippen molar-refractivity contribution in [2.75, 3.05) is 36.5 Å². The maximum atomic E-state index is 12.5. The summed E-state index contributed by atoms with van der Waals surface area (Å²) < 4.78 is 1.83. The van der Waals surface area contributed by atoms with E-state index >= 15 is 0 Å². The molecule has 2 aromatic rings. The zero-order valence-electron chi connectivity index (χ0n) is 16.5. The highest BCUT2D eigenvalue weighted by molar-refractivity contribution is 7.99. The van der Waals surface area contributed by atoms with Gasteiger partial charge in [0, 0.05) is 36.7 Å². The van der Waals surface area contributed by atoms with Crippen LogP contribution in [-0.2, 0) is 5.54 Å². The van der Waals surface area contributed by atoms with E-state index in [0.29, 0.717) is 17.0 Å². The van der Waals surface area contributed by atoms with Gasteiger partial charge in [-0.25, -0.2) is 4.68 Å². The first-order chi connectivity index (χ1) is 12.9. The third-order valence-corrected chi connectivity index (χ3v) is 6.82. The summed E-state index contributed by atoms with van der Waals surface area (Å²) in [4.78, 5) is 22.8. The molecular weight excluding hydrogens is 360 g/mol. The quantitative estimate of drug-likeness (QED) is 0.836. The van der Waals surface area contributed by atoms with E-state index in [1.165, 1.54) is 37.2 Å². The molecule has 1 saturated carbocycles. The normalized spacial score (nSPS) is 21.0. The molecule has 2 aliphatic rings. The van der Waals surface area contributed by atoms with Crippen molar-refractivity contribution < 1.29 is 0 Å². The second-order valence-corrected chi connectivity index (χ2v) is 9.99. The summed E-state index contributed by atoms with van der Waals surface area (Å²) in [7, 11) is 0. The summed E-state index contributed by atoms with van der Waals surface area (Å²) in [5.74, 6) is 2.98. The van der Waals surface area contributed by atoms with Gasteiger partial charge in [0.05, 0.1) is 11.7 Å². The van der Waals surface area contributed by atoms with Gasteiger partial charge in [0.2, 0.25) is 5.95 Å². The number of hydrogen-bond donors (Lipinski definition) is 2. The Morgan fingerprint density at radius 3 is 2.63 bits per heavy atom. The number of aromatic nitrogens is 4. The van der Waals surface area contributed by atoms with Crippen molar-refractivity contribution in [2.45, 2.75) is 57.5 Å². The van der Waals surface area contributed by atoms with Gasteiger partial charge in [-0.15, -0.1) is 0 Å². The van der Waals surface area contributed by atoms with Crippen LogP contribution in [0.25, 0.3) is 11.0 Å². The molecule has 0 radical (unpaired) electrons. The molecule has 4 rings (SSSR count). The lowest BCUT2D eigenvalue weighted by molar-refractivity contribution is 0.116. The number of fused-ring (bicyclic) bond motifs is 1. The van der Waals surface area contributed by atoms with Crippen LogP contribution in [-0.4, -0.2) is 61.3 Å². The number of aromatic amines is 1. The molecule has 0 aromatic carbocycles. The van der Waals surface area contributed by atoms with Gasteiger partial charge in [-0.1, -0.05) is 12.8 Å². The number of H-pyrrole nitrogens is 1. The van der Waals surface area contributed by atoms with E-state index in [-0.39, 0.29) is 16.6 Å². The van der Waals surface area contributed by atoms with E-state index < -0.39 is 0 Å². The highest BCUT2D eigenvalue weighted by Gasteiger charge is 2.40. The molecule has 2 aromatic heterocycles. The Labute approximate surface area is 164 Å². The summed E-state index contributed by atoms with van der Waals surface area (Å²) in [5, 5.41) is 8.40. The lowest BCUT2D eigenvalue weighted by atomic mass is 9.94. The molecule has 1 saturated heterocycles. The molecule has 0 unspecified atom stereocenters. The minimum Gasteiger partial charge on any atom is -0.354 e. The molecule has 1 aliphatic carbocycles. The topological polar surface area (TPSA) is 78.8 Å². The highest BCUT2D eigenvalue weighted by Crippen LogP contribution is 2.36. The summed E-state index contributed by atoms with van der Waals surface area (Å²) >= 11 is 2.05. The van der Waals surface area contributed by atoms with Crippen LogP contribution in [0, 0.1) is 0 Å². The monoisotopic (exact) mass is 390 g/mol. The minimum atomic E-state index is -0.224. The van der Waals surface area contributed by atoms with Crippen LogP contribution >= 0.6 is 11.8 Å². The Hall–Kier alpha value is -1.54. The van der Waals surface area contributed by atoms with Gasteiger partial charge < -0.3 is 5.32 Å². The minimum absolute atomic E-state index is 0.132. The number of thioether (sulfide) groups is 1. The summed E-state index contributed by atoms with van der Waals surface area (Å²) in [6.45, 7) is 9.35. The Morgan fingerprint density at radius 1 is 1.26 bits per heavy atom. The summed E-state index contributed by atoms with van der Waals surface area (Å²) in [5.41, 5.74) is 0.480. The maximum Gasteiger partial charge on any atom is 0.263 e. The first-order valence-corrected chi connectivity index (χ1v) is 11.1. The van der Waals surface area contributed by atoms with Crippen LogP contribution in [0.5, 0.6) is 0 Å². The smallest absolute Gasteiger partial charge is 0.263 e. The average Bonchev–Trinajstić information content (AvgIpc) is 3.28. The number of anilines is 1. The number of nitrogens with one attached hydrogen (secondary N) is 2. The van der Waals surface area contributed by atoms with Crippen molar-refractivity contribution in [3.05, 3.63) is 16.6 Å². The molecular formula is C19H30N6OS. The zero-order chi connectivity index (χ0) is 19.1. The van der Waals surface area contributed by atoms with Crippen LogP contribution in [0.15, 0.2) is 11.0 Å². The number of rotatable bonds is 4. The van der Waals surface area contributed by atoms with E-state index in [1.807, 2.05) is 16.4 Å². The molecule has 7 nitrogen and oxygen atoms in total. The van der Waals surface area contributed by atoms with E-state index in [1.54, 1.807) is 6.20 Å². The van der Waals surface area contributed by atoms with Crippen molar-refractivity contribution in [2.24, 2.45) is 0 Å². The fraction of sp³-hybridized carbons (Fsp3) is 0.737. The van der Waals surface area contributed by atoms with E-state index in [0.717, 1.165) is 19.6 Å². The lowest BCUT2D eigenvalue weighted by Gasteiger charge is -2.43. The Kier molecular flexibility index (Phi) is 4.96. The second-order valence-electron chi connectivity index (χ2n) is 8.76. The molecule has 1 aliphatic heterocycles. The first-order valence-electron chi connectivity index (χ1n) is 9.94. The SMILES string of the molecule is CC(C)(C)n1ncc2c(=O)[nH]c(NCC3(N4CCSCC4)CCCC3)nc21. The van der Waals surface area contributed by atoms with Gasteiger partial charge in [0.15, 0.2) is 5.65 Å². The van der Waals surface area contributed by atoms with Crippen LogP contribution in [0.3, 0.4) is 0 Å². The third-order valence-electron chi connectivity index (χ3n) is 5.87. The molecule has 8 heteroatoms. The fourth-order valence-corrected chi connectivity index (χ4v) is 5.32. The van der Waals surface area contributed by atoms with Gasteiger partial charge in [0.25, 0.3) is 5.56 Å². The van der Waals surface area contributed by atoms with Crippen molar-refractivity contribution in [1.29, 1.82) is 0 Å². The van der Waals surface area contributed by atoms with E-state index in [2.05, 4.69) is 41.1 Å². The largest absolute Gasteiger partial charge is 0.354 e. The van der Waals surface area contributed by atoms with Crippen LogP contribution in [0.2, 0.25) is 0 Å². The molecule has 0 atom stereocenters. The predicted molar refractivity (Wildman–Crippen MR) is 112 cm³/mol. The van der Waals surface area contributed by atoms with Crippen molar-refractivity contribution in [3.63, 3.8) is 0 Å². The second kappa shape index (κ2) is 7.13. The first kappa shape index (κ1) is 18.8. The van der Waals surface area contributed by atoms with Crippen molar-refractivity contribution >= 4 is 28.7 Å². The van der Waals surface area contributed by atoms with Gasteiger partial charge in [-0.2, -0.15) is 21.8 Å². The highest BCUT2D eigenvalue weighted by atomic mass is 32.2. The number of nitrogens with zero attached hydrogens (tertiary/aromatic N) is 4. The van der Waals surface area contributed by atoms with Crippen LogP contribution < -0.4 is 10.9 Å². The van der Waals surface area contributed by atoms with Crippen molar-refractivity contribution in [1.82, 2.24) is 24.6 Å². The molecule has 2 N–H and O–H groups in total. The average molecular weight is 391 g/mol. The van der Waals surface area contributed by atoms with Gasteiger partial charge in [-0.05, 0) is 33.6 Å². The Morgan fingerprint density at radius 2 is 1.96 bits per heavy atom. The standard InChI is InChI=1S/C19H30N6OS/c1-18(2,3)25-15-14(12-21-25)16(26)23-17(22-15)20-13-19(6-4-5-7-19)24-8-10-27-11-9-24/h12H,4-11,13H2,1-3H3,(H2,20,22,23,26). The fourth-order valence-electron chi connectivity index (χ4n) is 4.42. The molecule has 0 amide bonds. The zero-order valence-corrected chi connectivity index (χ0v) is 17.4. The molecule has 0 spiro atoms. The Bertz CT molecular complexity index is 855. The van der Waals surface area contributed by atoms with E-state index in [4.69, 9.17) is 4.98 Å². The van der Waals surface area contributed by atoms with Crippen LogP contribution in [0.4, 0.5) is 5.95 Å². The molecule has 27 heavy (non-hydrogen) atoms. The molecule has 2 fully saturated rings. The van der Waals surface area contributed by atoms with Gasteiger partial charge in [-0.3, -0.25) is 14.7 Å². The summed E-state index contributed by atoms with van der Waals surface area (Å²) in [6.07, 6.45) is 6.62. The number of hydrogen-bond acceptors (Lipinski definition) is 6. The van der Waals surface area contributed by atoms with Gasteiger partial charge >= 0.3 is 0 Å². The van der Waals surface area contributed by atoms with Gasteiger partial charge in [0.1, 0.15) is 5.39 Å². The van der Waals surface area contributed by atoms with E-state index in [9.17, 15) is 4.79 Å². The molecule has 0 bridgehead atoms. The summed E-state index contributed by atoms with van der Waals surface area (Å²) in [6, 6.07) is 0. The Balaban J connectivity index is 1.60. The van der Waals surface area contributed by atoms with Crippen LogP contribution in [0.1, 0.15) is 46.5 Å². The van der Waals surface area contributed by atoms with Crippen molar-refractivity contribution in [3.8, 4) is 0 Å². The lowest BCUT2D eigenvalue weighted by Crippen LogP contribution is -2.54.